The van der Waals surface area contributed by atoms with Crippen molar-refractivity contribution >= 4 is 62.3 Å². The van der Waals surface area contributed by atoms with E-state index in [4.69, 9.17) is 9.47 Å². The molecule has 0 bridgehead atoms. The number of benzene rings is 2. The number of pyridine rings is 1. The van der Waals surface area contributed by atoms with Gasteiger partial charge < -0.3 is 19.3 Å². The number of aryl methyl sites for hydroxylation is 1. The Labute approximate surface area is 386 Å². The lowest BCUT2D eigenvalue weighted by Gasteiger charge is -2.25. The molecular weight excluding hydrogens is 862 g/mol. The summed E-state index contributed by atoms with van der Waals surface area (Å²) < 4.78 is 52.1. The number of rotatable bonds is 14. The summed E-state index contributed by atoms with van der Waals surface area (Å²) in [5.41, 5.74) is 4.41. The zero-order valence-electron chi connectivity index (χ0n) is 36.5. The van der Waals surface area contributed by atoms with Gasteiger partial charge in [-0.1, -0.05) is 68.5 Å². The number of unbranched alkanes of at least 4 members (excludes halogenated alkanes) is 4. The Bertz CT molecular complexity index is 2760. The van der Waals surface area contributed by atoms with Gasteiger partial charge in [0.1, 0.15) is 52.4 Å². The summed E-state index contributed by atoms with van der Waals surface area (Å²) in [6, 6.07) is 27.7. The monoisotopic (exact) mass is 908 g/mol. The molecule has 0 atom stereocenters. The van der Waals surface area contributed by atoms with E-state index in [-0.39, 0.29) is 22.5 Å². The third kappa shape index (κ3) is 12.3. The molecule has 8 nitrogen and oxygen atoms in total. The quantitative estimate of drug-likeness (QED) is 0.0800. The maximum absolute atomic E-state index is 13.5. The van der Waals surface area contributed by atoms with Crippen molar-refractivity contribution in [2.75, 3.05) is 29.9 Å². The van der Waals surface area contributed by atoms with E-state index in [0.717, 1.165) is 41.3 Å². The Balaban J connectivity index is 0.000000233. The molecule has 330 valence electrons. The van der Waals surface area contributed by atoms with Crippen molar-refractivity contribution in [1.29, 1.82) is 15.8 Å². The van der Waals surface area contributed by atoms with Gasteiger partial charge in [0, 0.05) is 81.8 Å². The van der Waals surface area contributed by atoms with Gasteiger partial charge in [-0.15, -0.1) is 22.7 Å². The van der Waals surface area contributed by atoms with Crippen molar-refractivity contribution in [3.63, 3.8) is 0 Å². The van der Waals surface area contributed by atoms with Crippen molar-refractivity contribution in [2.24, 2.45) is 0 Å². The summed E-state index contributed by atoms with van der Waals surface area (Å²) in [5, 5.41) is 32.1. The van der Waals surface area contributed by atoms with E-state index >= 15 is 0 Å². The standard InChI is InChI=1S/C32H31F3N2OS.C20H16N4OS/c1-3-4-5-6-7-18-37(25-13-8-23(2)9-14-25)26-15-10-24(11-16-26)12-17-27-19-28(30(20-36)32(33,34)35)29-21-39-22-31(29)38-27;1-3-24(2)20-7-6-16(26-20)5-4-15-10-17(14(11-21)12-22)18-13-23-9-8-19(18)25-15/h8-17,19,21-22H,3-7,18H2,1-2H3;4-10,13H,3H2,1-2H3/b17-12+,30-28+;5-4+. The van der Waals surface area contributed by atoms with Crippen molar-refractivity contribution in [3.05, 3.63) is 164 Å². The predicted molar refractivity (Wildman–Crippen MR) is 257 cm³/mol. The average Bonchev–Trinajstić information content (AvgIpc) is 4.00. The van der Waals surface area contributed by atoms with Gasteiger partial charge in [-0.25, -0.2) is 0 Å². The van der Waals surface area contributed by atoms with E-state index in [2.05, 4.69) is 91.1 Å². The second-order valence-corrected chi connectivity index (χ2v) is 16.9. The highest BCUT2D eigenvalue weighted by molar-refractivity contribution is 7.16. The molecule has 0 saturated heterocycles. The Hall–Kier alpha value is -7.11. The molecule has 7 rings (SSSR count). The fourth-order valence-corrected chi connectivity index (χ4v) is 8.57. The van der Waals surface area contributed by atoms with Gasteiger partial charge in [-0.2, -0.15) is 29.0 Å². The molecule has 5 heterocycles. The molecule has 0 aliphatic carbocycles. The summed E-state index contributed by atoms with van der Waals surface area (Å²) in [6.45, 7) is 8.27. The van der Waals surface area contributed by atoms with Crippen LogP contribution >= 0.6 is 22.7 Å². The number of halogens is 3. The van der Waals surface area contributed by atoms with E-state index in [1.165, 1.54) is 59.7 Å². The highest BCUT2D eigenvalue weighted by Crippen LogP contribution is 2.42. The van der Waals surface area contributed by atoms with Gasteiger partial charge in [0.2, 0.25) is 0 Å². The maximum Gasteiger partial charge on any atom is 0.426 e. The van der Waals surface area contributed by atoms with Crippen LogP contribution < -0.4 is 19.3 Å². The van der Waals surface area contributed by atoms with Gasteiger partial charge in [-0.05, 0) is 98.7 Å². The zero-order valence-corrected chi connectivity index (χ0v) is 38.2. The number of nitrogens with zero attached hydrogens (tertiary/aromatic N) is 6. The number of hydrogen-bond donors (Lipinski definition) is 0. The molecule has 0 radical (unpaired) electrons. The fraction of sp³-hybridized carbons (Fsp3) is 0.231. The minimum atomic E-state index is -4.75. The van der Waals surface area contributed by atoms with Crippen LogP contribution in [0.3, 0.4) is 0 Å². The van der Waals surface area contributed by atoms with Crippen molar-refractivity contribution < 1.29 is 22.6 Å². The number of thiophene rings is 2. The number of nitriles is 3. The van der Waals surface area contributed by atoms with Crippen molar-refractivity contribution in [1.82, 2.24) is 4.98 Å². The topological polar surface area (TPSA) is 109 Å². The lowest BCUT2D eigenvalue weighted by atomic mass is 9.99. The van der Waals surface area contributed by atoms with Crippen LogP contribution in [0.4, 0.5) is 29.5 Å². The van der Waals surface area contributed by atoms with Gasteiger partial charge in [0.15, 0.2) is 0 Å². The van der Waals surface area contributed by atoms with Crippen LogP contribution in [0.1, 0.15) is 73.1 Å². The Morgan fingerprint density at radius 1 is 0.738 bits per heavy atom. The maximum atomic E-state index is 13.5. The second-order valence-electron chi connectivity index (χ2n) is 15.1. The van der Waals surface area contributed by atoms with Crippen LogP contribution in [0.5, 0.6) is 11.5 Å². The smallest absolute Gasteiger partial charge is 0.426 e. The normalized spacial score (nSPS) is 13.7. The first-order valence-corrected chi connectivity index (χ1v) is 22.9. The molecule has 0 saturated carbocycles. The molecule has 2 aliphatic rings. The number of anilines is 3. The molecule has 2 aromatic carbocycles. The molecule has 0 amide bonds. The fourth-order valence-electron chi connectivity index (χ4n) is 6.89. The van der Waals surface area contributed by atoms with Gasteiger partial charge >= 0.3 is 6.18 Å². The Morgan fingerprint density at radius 2 is 1.40 bits per heavy atom. The van der Waals surface area contributed by atoms with Crippen molar-refractivity contribution in [3.8, 4) is 29.7 Å². The summed E-state index contributed by atoms with van der Waals surface area (Å²) in [4.78, 5) is 9.65. The van der Waals surface area contributed by atoms with E-state index < -0.39 is 11.7 Å². The molecule has 2 aliphatic heterocycles. The number of allylic oxidation sites excluding steroid dienone is 8. The first-order valence-electron chi connectivity index (χ1n) is 21.1. The summed E-state index contributed by atoms with van der Waals surface area (Å²) in [7, 11) is 2.06. The third-order valence-electron chi connectivity index (χ3n) is 10.5. The molecule has 3 aromatic heterocycles. The number of alkyl halides is 3. The summed E-state index contributed by atoms with van der Waals surface area (Å²) in [6.07, 6.45) is 14.7. The first-order chi connectivity index (χ1) is 31.5. The third-order valence-corrected chi connectivity index (χ3v) is 12.4. The molecule has 65 heavy (non-hydrogen) atoms. The van der Waals surface area contributed by atoms with E-state index in [1.54, 1.807) is 58.8 Å². The summed E-state index contributed by atoms with van der Waals surface area (Å²) >= 11 is 2.91. The number of ether oxygens (including phenoxy) is 2. The zero-order chi connectivity index (χ0) is 46.3. The number of fused-ring (bicyclic) bond motifs is 2. The van der Waals surface area contributed by atoms with Crippen molar-refractivity contribution in [2.45, 2.75) is 59.1 Å². The van der Waals surface area contributed by atoms with E-state index in [9.17, 15) is 29.0 Å². The number of aromatic nitrogens is 1. The van der Waals surface area contributed by atoms with Crippen LogP contribution in [-0.2, 0) is 0 Å². The largest absolute Gasteiger partial charge is 0.457 e. The SMILES string of the molecule is CCCCCCCN(c1ccc(C)cc1)c1ccc(/C=C/C2=C/C(=C(/C#N)C(F)(F)F)c3cscc3O2)cc1.CCN(C)c1ccc(/C=C/C2=CC(=C(C#N)C#N)c3cnccc3O2)s1. The predicted octanol–water partition coefficient (Wildman–Crippen LogP) is 14.4. The Morgan fingerprint density at radius 3 is 2.06 bits per heavy atom. The molecule has 0 fully saturated rings. The molecule has 13 heteroatoms. The van der Waals surface area contributed by atoms with Gasteiger partial charge in [0.05, 0.1) is 5.00 Å². The second kappa shape index (κ2) is 22.5. The lowest BCUT2D eigenvalue weighted by molar-refractivity contribution is -0.0867. The van der Waals surface area contributed by atoms with Gasteiger partial charge in [0.25, 0.3) is 0 Å². The number of hydrogen-bond acceptors (Lipinski definition) is 10. The van der Waals surface area contributed by atoms with Crippen LogP contribution in [0.25, 0.3) is 23.3 Å². The molecule has 5 aromatic rings. The average molecular weight is 909 g/mol. The minimum absolute atomic E-state index is 0.0384. The first kappa shape index (κ1) is 47.4. The van der Waals surface area contributed by atoms with Crippen LogP contribution in [0.2, 0.25) is 0 Å². The molecule has 0 N–H and O–H groups in total. The molecular formula is C52H47F3N6O2S2. The van der Waals surface area contributed by atoms with Crippen LogP contribution in [0, 0.1) is 40.9 Å². The molecule has 0 spiro atoms. The lowest BCUT2D eigenvalue weighted by Crippen LogP contribution is -2.18. The summed E-state index contributed by atoms with van der Waals surface area (Å²) in [5.74, 6) is 1.71. The van der Waals surface area contributed by atoms with E-state index in [0.29, 0.717) is 28.4 Å². The van der Waals surface area contributed by atoms with Crippen LogP contribution in [0.15, 0.2) is 137 Å². The van der Waals surface area contributed by atoms with Gasteiger partial charge in [-0.3, -0.25) is 4.98 Å². The Kier molecular flexibility index (Phi) is 16.4. The van der Waals surface area contributed by atoms with Crippen LogP contribution in [-0.4, -0.2) is 31.3 Å². The van der Waals surface area contributed by atoms with E-state index in [1.807, 2.05) is 36.4 Å². The molecule has 0 unspecified atom stereocenters. The minimum Gasteiger partial charge on any atom is -0.457 e. The highest BCUT2D eigenvalue weighted by Gasteiger charge is 2.38. The highest BCUT2D eigenvalue weighted by atomic mass is 32.1.